The maximum Gasteiger partial charge on any atom is 0.306 e. The van der Waals surface area contributed by atoms with Gasteiger partial charge in [0, 0.05) is 17.5 Å². The number of anilines is 2. The Morgan fingerprint density at radius 3 is 2.69 bits per heavy atom. The minimum absolute atomic E-state index is 0.235. The summed E-state index contributed by atoms with van der Waals surface area (Å²) in [6.45, 7) is 1.82. The zero-order chi connectivity index (χ0) is 25.7. The number of amides is 1. The monoisotopic (exact) mass is 510 g/mol. The van der Waals surface area contributed by atoms with Gasteiger partial charge in [0.1, 0.15) is 11.8 Å². The molecule has 4 rings (SSSR count). The fraction of sp³-hybridized carbons (Fsp3) is 0.292. The molecule has 1 unspecified atom stereocenters. The second kappa shape index (κ2) is 11.1. The third-order valence-electron chi connectivity index (χ3n) is 5.46. The second-order valence-electron chi connectivity index (χ2n) is 7.72. The van der Waals surface area contributed by atoms with E-state index in [-0.39, 0.29) is 18.3 Å². The average Bonchev–Trinajstić information content (AvgIpc) is 3.30. The molecule has 1 amide bonds. The molecular weight excluding hydrogens is 484 g/mol. The van der Waals surface area contributed by atoms with Crippen LogP contribution >= 0.6 is 11.8 Å². The minimum atomic E-state index is -0.579. The third-order valence-corrected chi connectivity index (χ3v) is 6.30. The molecule has 1 aliphatic heterocycles. The average molecular weight is 511 g/mol. The lowest BCUT2D eigenvalue weighted by molar-refractivity contribution is -0.140. The van der Waals surface area contributed by atoms with Crippen molar-refractivity contribution in [3.05, 3.63) is 59.4 Å². The zero-order valence-electron chi connectivity index (χ0n) is 20.3. The lowest BCUT2D eigenvalue weighted by Gasteiger charge is -2.28. The number of hydrogen-bond acceptors (Lipinski definition) is 10. The van der Waals surface area contributed by atoms with Gasteiger partial charge in [-0.05, 0) is 30.7 Å². The van der Waals surface area contributed by atoms with E-state index in [4.69, 9.17) is 14.2 Å². The number of rotatable bonds is 9. The number of aromatic nitrogens is 4. The lowest BCUT2D eigenvalue weighted by Crippen LogP contribution is -2.31. The van der Waals surface area contributed by atoms with Crippen molar-refractivity contribution in [2.45, 2.75) is 24.5 Å². The van der Waals surface area contributed by atoms with E-state index in [1.165, 1.54) is 32.2 Å². The Morgan fingerprint density at radius 2 is 2.00 bits per heavy atom. The maximum atomic E-state index is 13.5. The molecule has 2 N–H and O–H groups in total. The summed E-state index contributed by atoms with van der Waals surface area (Å²) in [6.07, 6.45) is 1.76. The van der Waals surface area contributed by atoms with E-state index in [2.05, 4.69) is 25.7 Å². The number of hydrogen-bond donors (Lipinski definition) is 2. The normalized spacial score (nSPS) is 14.5. The van der Waals surface area contributed by atoms with E-state index in [1.807, 2.05) is 31.2 Å². The van der Waals surface area contributed by atoms with Crippen LogP contribution in [-0.4, -0.2) is 58.7 Å². The van der Waals surface area contributed by atoms with Gasteiger partial charge in [-0.3, -0.25) is 9.59 Å². The van der Waals surface area contributed by atoms with Crippen molar-refractivity contribution in [2.24, 2.45) is 0 Å². The molecule has 11 nitrogen and oxygen atoms in total. The highest BCUT2D eigenvalue weighted by atomic mass is 32.2. The van der Waals surface area contributed by atoms with Gasteiger partial charge >= 0.3 is 5.97 Å². The Balaban J connectivity index is 1.68. The van der Waals surface area contributed by atoms with Crippen molar-refractivity contribution in [3.63, 3.8) is 0 Å². The SMILES string of the molecule is COC(=O)CCSc1nc2n(n1)C(c1cccc(OC)c1)C(C(=O)Nc1ccc(OC)nc1)=C(C)N2. The van der Waals surface area contributed by atoms with Gasteiger partial charge in [-0.2, -0.15) is 4.98 Å². The third kappa shape index (κ3) is 5.43. The van der Waals surface area contributed by atoms with Gasteiger partial charge < -0.3 is 24.8 Å². The molecule has 0 fully saturated rings. The van der Waals surface area contributed by atoms with Crippen molar-refractivity contribution in [3.8, 4) is 11.6 Å². The van der Waals surface area contributed by atoms with Crippen LogP contribution in [0.1, 0.15) is 24.9 Å². The molecule has 3 aromatic rings. The van der Waals surface area contributed by atoms with Crippen molar-refractivity contribution in [2.75, 3.05) is 37.7 Å². The molecule has 0 radical (unpaired) electrons. The van der Waals surface area contributed by atoms with E-state index in [0.717, 1.165) is 5.56 Å². The number of ether oxygens (including phenoxy) is 3. The fourth-order valence-corrected chi connectivity index (χ4v) is 4.46. The Labute approximate surface area is 212 Å². The number of methoxy groups -OCH3 is 3. The number of carbonyl (C=O) groups is 2. The number of nitrogens with one attached hydrogen (secondary N) is 2. The smallest absolute Gasteiger partial charge is 0.306 e. The standard InChI is InChI=1S/C24H26N6O5S/c1-14-20(22(32)27-16-8-9-18(34-3)25-13-16)21(15-6-5-7-17(12-15)33-2)30-23(26-14)28-24(29-30)36-11-10-19(31)35-4/h5-9,12-13,21H,10-11H2,1-4H3,(H,27,32)(H,26,28,29). The van der Waals surface area contributed by atoms with Gasteiger partial charge in [-0.1, -0.05) is 23.9 Å². The quantitative estimate of drug-likeness (QED) is 0.327. The summed E-state index contributed by atoms with van der Waals surface area (Å²) in [4.78, 5) is 33.7. The number of nitrogens with zero attached hydrogens (tertiary/aromatic N) is 4. The summed E-state index contributed by atoms with van der Waals surface area (Å²) in [5.74, 6) is 1.43. The summed E-state index contributed by atoms with van der Waals surface area (Å²) < 4.78 is 16.9. The molecule has 0 saturated carbocycles. The van der Waals surface area contributed by atoms with E-state index in [1.54, 1.807) is 23.9 Å². The van der Waals surface area contributed by atoms with Crippen LogP contribution in [0.4, 0.5) is 11.6 Å². The van der Waals surface area contributed by atoms with Crippen molar-refractivity contribution in [1.82, 2.24) is 19.7 Å². The molecule has 2 aromatic heterocycles. The number of fused-ring (bicyclic) bond motifs is 1. The highest BCUT2D eigenvalue weighted by molar-refractivity contribution is 7.99. The molecule has 1 aromatic carbocycles. The van der Waals surface area contributed by atoms with Crippen LogP contribution in [-0.2, 0) is 14.3 Å². The second-order valence-corrected chi connectivity index (χ2v) is 8.79. The molecule has 1 aliphatic rings. The zero-order valence-corrected chi connectivity index (χ0v) is 21.1. The molecule has 0 bridgehead atoms. The summed E-state index contributed by atoms with van der Waals surface area (Å²) in [7, 11) is 4.47. The molecular formula is C24H26N6O5S. The first kappa shape index (κ1) is 25.0. The molecule has 188 valence electrons. The fourth-order valence-electron chi connectivity index (χ4n) is 3.71. The molecule has 0 spiro atoms. The van der Waals surface area contributed by atoms with Crippen LogP contribution in [0.25, 0.3) is 0 Å². The van der Waals surface area contributed by atoms with Crippen LogP contribution in [0.3, 0.4) is 0 Å². The number of benzene rings is 1. The molecule has 1 atom stereocenters. The maximum absolute atomic E-state index is 13.5. The van der Waals surface area contributed by atoms with E-state index in [0.29, 0.717) is 45.4 Å². The van der Waals surface area contributed by atoms with E-state index in [9.17, 15) is 9.59 Å². The highest BCUT2D eigenvalue weighted by Crippen LogP contribution is 2.37. The number of thioether (sulfide) groups is 1. The van der Waals surface area contributed by atoms with Crippen molar-refractivity contribution >= 4 is 35.3 Å². The summed E-state index contributed by atoms with van der Waals surface area (Å²) in [5, 5.41) is 11.2. The van der Waals surface area contributed by atoms with Gasteiger partial charge in [0.25, 0.3) is 5.91 Å². The van der Waals surface area contributed by atoms with Crippen LogP contribution in [0.2, 0.25) is 0 Å². The van der Waals surface area contributed by atoms with Crippen LogP contribution in [0.5, 0.6) is 11.6 Å². The first-order valence-electron chi connectivity index (χ1n) is 11.0. The number of allylic oxidation sites excluding steroid dienone is 1. The highest BCUT2D eigenvalue weighted by Gasteiger charge is 2.34. The molecule has 3 heterocycles. The summed E-state index contributed by atoms with van der Waals surface area (Å²) >= 11 is 1.33. The lowest BCUT2D eigenvalue weighted by atomic mass is 9.95. The Morgan fingerprint density at radius 1 is 1.17 bits per heavy atom. The predicted octanol–water partition coefficient (Wildman–Crippen LogP) is 3.27. The largest absolute Gasteiger partial charge is 0.497 e. The molecule has 36 heavy (non-hydrogen) atoms. The first-order valence-corrected chi connectivity index (χ1v) is 12.0. The van der Waals surface area contributed by atoms with Crippen LogP contribution < -0.4 is 20.1 Å². The molecule has 12 heteroatoms. The number of pyridine rings is 1. The topological polar surface area (TPSA) is 129 Å². The van der Waals surface area contributed by atoms with Gasteiger partial charge in [-0.15, -0.1) is 5.10 Å². The summed E-state index contributed by atoms with van der Waals surface area (Å²) in [6, 6.07) is 10.3. The van der Waals surface area contributed by atoms with E-state index < -0.39 is 6.04 Å². The van der Waals surface area contributed by atoms with Crippen LogP contribution in [0, 0.1) is 0 Å². The van der Waals surface area contributed by atoms with Crippen molar-refractivity contribution in [1.29, 1.82) is 0 Å². The molecule has 0 aliphatic carbocycles. The Hall–Kier alpha value is -4.06. The van der Waals surface area contributed by atoms with Crippen LogP contribution in [0.15, 0.2) is 59.0 Å². The Bertz CT molecular complexity index is 1290. The number of esters is 1. The number of carbonyl (C=O) groups excluding carboxylic acids is 2. The minimum Gasteiger partial charge on any atom is -0.497 e. The Kier molecular flexibility index (Phi) is 7.74. The summed E-state index contributed by atoms with van der Waals surface area (Å²) in [5.41, 5.74) is 2.41. The predicted molar refractivity (Wildman–Crippen MR) is 134 cm³/mol. The van der Waals surface area contributed by atoms with E-state index >= 15 is 0 Å². The van der Waals surface area contributed by atoms with Gasteiger partial charge in [0.2, 0.25) is 17.0 Å². The van der Waals surface area contributed by atoms with Gasteiger partial charge in [0.05, 0.1) is 45.2 Å². The van der Waals surface area contributed by atoms with Gasteiger partial charge in [0.15, 0.2) is 0 Å². The first-order chi connectivity index (χ1) is 17.4. The molecule has 0 saturated heterocycles. The van der Waals surface area contributed by atoms with Crippen molar-refractivity contribution < 1.29 is 23.8 Å². The van der Waals surface area contributed by atoms with Gasteiger partial charge in [-0.25, -0.2) is 9.67 Å².